The minimum Gasteiger partial charge on any atom is -0.421 e. The lowest BCUT2D eigenvalue weighted by molar-refractivity contribution is 0.408. The van der Waals surface area contributed by atoms with E-state index in [1.54, 1.807) is 4.68 Å². The minimum absolute atomic E-state index is 0.0807. The molecule has 0 aromatic carbocycles. The van der Waals surface area contributed by atoms with Crippen LogP contribution in [0.1, 0.15) is 37.7 Å². The minimum atomic E-state index is 0.0807. The maximum atomic E-state index is 5.84. The SMILES string of the molecule is Cc1cc(CNC(C)(C)C)cc(Oc2cc(C)nn2C)n1. The zero-order valence-corrected chi connectivity index (χ0v) is 13.7. The van der Waals surface area contributed by atoms with Crippen LogP contribution in [0.3, 0.4) is 0 Å². The van der Waals surface area contributed by atoms with E-state index in [2.05, 4.69) is 42.2 Å². The Morgan fingerprint density at radius 3 is 2.43 bits per heavy atom. The molecule has 114 valence electrons. The molecule has 0 fully saturated rings. The van der Waals surface area contributed by atoms with Gasteiger partial charge in [-0.15, -0.1) is 0 Å². The lowest BCUT2D eigenvalue weighted by Crippen LogP contribution is -2.35. The molecule has 0 radical (unpaired) electrons. The number of aryl methyl sites for hydroxylation is 3. The van der Waals surface area contributed by atoms with Gasteiger partial charge in [-0.1, -0.05) is 0 Å². The van der Waals surface area contributed by atoms with E-state index in [-0.39, 0.29) is 5.54 Å². The molecule has 0 aliphatic rings. The Bertz CT molecular complexity index is 626. The lowest BCUT2D eigenvalue weighted by atomic mass is 10.1. The van der Waals surface area contributed by atoms with Crippen molar-refractivity contribution in [2.45, 2.75) is 46.7 Å². The molecule has 2 aromatic heterocycles. The third-order valence-electron chi connectivity index (χ3n) is 2.98. The van der Waals surface area contributed by atoms with Crippen molar-refractivity contribution in [1.82, 2.24) is 20.1 Å². The second-order valence-corrected chi connectivity index (χ2v) is 6.41. The van der Waals surface area contributed by atoms with Gasteiger partial charge in [-0.2, -0.15) is 5.10 Å². The van der Waals surface area contributed by atoms with E-state index in [1.807, 2.05) is 33.0 Å². The summed E-state index contributed by atoms with van der Waals surface area (Å²) in [6.45, 7) is 11.1. The van der Waals surface area contributed by atoms with E-state index < -0.39 is 0 Å². The first kappa shape index (κ1) is 15.5. The van der Waals surface area contributed by atoms with Gasteiger partial charge in [0.2, 0.25) is 11.8 Å². The van der Waals surface area contributed by atoms with E-state index >= 15 is 0 Å². The van der Waals surface area contributed by atoms with Gasteiger partial charge in [-0.05, 0) is 46.2 Å². The molecule has 0 aliphatic heterocycles. The fourth-order valence-corrected chi connectivity index (χ4v) is 2.02. The molecule has 0 spiro atoms. The Morgan fingerprint density at radius 2 is 1.86 bits per heavy atom. The number of aromatic nitrogens is 3. The quantitative estimate of drug-likeness (QED) is 0.939. The van der Waals surface area contributed by atoms with Gasteiger partial charge in [0.05, 0.1) is 5.69 Å². The maximum Gasteiger partial charge on any atom is 0.221 e. The standard InChI is InChI=1S/C16H24N4O/c1-11-7-13(10-17-16(3,4)5)9-14(18-11)21-15-8-12(2)19-20(15)6/h7-9,17H,10H2,1-6H3. The number of ether oxygens (including phenoxy) is 1. The highest BCUT2D eigenvalue weighted by Gasteiger charge is 2.11. The normalized spacial score (nSPS) is 11.7. The van der Waals surface area contributed by atoms with Crippen LogP contribution in [-0.2, 0) is 13.6 Å². The maximum absolute atomic E-state index is 5.84. The van der Waals surface area contributed by atoms with Crippen molar-refractivity contribution in [3.05, 3.63) is 35.2 Å². The summed E-state index contributed by atoms with van der Waals surface area (Å²) in [5.74, 6) is 1.30. The predicted octanol–water partition coefficient (Wildman–Crippen LogP) is 3.11. The summed E-state index contributed by atoms with van der Waals surface area (Å²) in [5, 5.41) is 7.74. The number of hydrogen-bond donors (Lipinski definition) is 1. The molecular weight excluding hydrogens is 264 g/mol. The summed E-state index contributed by atoms with van der Waals surface area (Å²) in [5.41, 5.74) is 3.11. The molecule has 0 aliphatic carbocycles. The molecule has 5 nitrogen and oxygen atoms in total. The average molecular weight is 288 g/mol. The topological polar surface area (TPSA) is 52.0 Å². The zero-order valence-electron chi connectivity index (χ0n) is 13.7. The largest absolute Gasteiger partial charge is 0.421 e. The number of pyridine rings is 1. The Morgan fingerprint density at radius 1 is 1.14 bits per heavy atom. The molecule has 1 N–H and O–H groups in total. The van der Waals surface area contributed by atoms with Crippen LogP contribution in [0, 0.1) is 13.8 Å². The van der Waals surface area contributed by atoms with Crippen LogP contribution >= 0.6 is 0 Å². The van der Waals surface area contributed by atoms with Crippen molar-refractivity contribution in [2.75, 3.05) is 0 Å². The molecule has 0 atom stereocenters. The van der Waals surface area contributed by atoms with Gasteiger partial charge < -0.3 is 10.1 Å². The summed E-state index contributed by atoms with van der Waals surface area (Å²) in [7, 11) is 1.86. The number of nitrogens with zero attached hydrogens (tertiary/aromatic N) is 3. The fourth-order valence-electron chi connectivity index (χ4n) is 2.02. The molecule has 2 heterocycles. The molecule has 2 aromatic rings. The third kappa shape index (κ3) is 4.56. The summed E-state index contributed by atoms with van der Waals surface area (Å²) in [6, 6.07) is 5.94. The van der Waals surface area contributed by atoms with E-state index in [9.17, 15) is 0 Å². The average Bonchev–Trinajstić information content (AvgIpc) is 2.64. The Labute approximate surface area is 126 Å². The molecule has 0 bridgehead atoms. The second kappa shape index (κ2) is 5.85. The smallest absolute Gasteiger partial charge is 0.221 e. The van der Waals surface area contributed by atoms with Crippen molar-refractivity contribution in [3.63, 3.8) is 0 Å². The number of nitrogens with one attached hydrogen (secondary N) is 1. The predicted molar refractivity (Wildman–Crippen MR) is 83.6 cm³/mol. The fraction of sp³-hybridized carbons (Fsp3) is 0.500. The van der Waals surface area contributed by atoms with Gasteiger partial charge in [0.1, 0.15) is 0 Å². The molecular formula is C16H24N4O. The van der Waals surface area contributed by atoms with Crippen molar-refractivity contribution in [2.24, 2.45) is 7.05 Å². The van der Waals surface area contributed by atoms with Gasteiger partial charge in [0.15, 0.2) is 0 Å². The summed E-state index contributed by atoms with van der Waals surface area (Å²) in [6.07, 6.45) is 0. The molecule has 2 rings (SSSR count). The first-order valence-electron chi connectivity index (χ1n) is 7.14. The monoisotopic (exact) mass is 288 g/mol. The van der Waals surface area contributed by atoms with Crippen molar-refractivity contribution in [3.8, 4) is 11.8 Å². The van der Waals surface area contributed by atoms with Gasteiger partial charge in [0, 0.05) is 37.0 Å². The van der Waals surface area contributed by atoms with Gasteiger partial charge >= 0.3 is 0 Å². The third-order valence-corrected chi connectivity index (χ3v) is 2.98. The molecule has 0 unspecified atom stereocenters. The molecule has 21 heavy (non-hydrogen) atoms. The number of rotatable bonds is 4. The lowest BCUT2D eigenvalue weighted by Gasteiger charge is -2.20. The van der Waals surface area contributed by atoms with Crippen LogP contribution in [0.5, 0.6) is 11.8 Å². The summed E-state index contributed by atoms with van der Waals surface area (Å²) >= 11 is 0. The second-order valence-electron chi connectivity index (χ2n) is 6.41. The van der Waals surface area contributed by atoms with Gasteiger partial charge in [-0.3, -0.25) is 0 Å². The van der Waals surface area contributed by atoms with E-state index in [0.717, 1.165) is 23.5 Å². The highest BCUT2D eigenvalue weighted by atomic mass is 16.5. The summed E-state index contributed by atoms with van der Waals surface area (Å²) in [4.78, 5) is 4.43. The number of hydrogen-bond acceptors (Lipinski definition) is 4. The van der Waals surface area contributed by atoms with E-state index in [0.29, 0.717) is 11.8 Å². The van der Waals surface area contributed by atoms with Crippen molar-refractivity contribution < 1.29 is 4.74 Å². The van der Waals surface area contributed by atoms with Crippen LogP contribution in [0.4, 0.5) is 0 Å². The molecule has 0 saturated carbocycles. The Kier molecular flexibility index (Phi) is 4.32. The summed E-state index contributed by atoms with van der Waals surface area (Å²) < 4.78 is 7.56. The Balaban J connectivity index is 2.17. The van der Waals surface area contributed by atoms with Crippen LogP contribution in [0.15, 0.2) is 18.2 Å². The van der Waals surface area contributed by atoms with Gasteiger partial charge in [-0.25, -0.2) is 9.67 Å². The van der Waals surface area contributed by atoms with Crippen LogP contribution in [-0.4, -0.2) is 20.3 Å². The zero-order chi connectivity index (χ0) is 15.6. The van der Waals surface area contributed by atoms with Crippen LogP contribution in [0.2, 0.25) is 0 Å². The van der Waals surface area contributed by atoms with Crippen molar-refractivity contribution in [1.29, 1.82) is 0 Å². The first-order chi connectivity index (χ1) is 9.73. The Hall–Kier alpha value is -1.88. The highest BCUT2D eigenvalue weighted by Crippen LogP contribution is 2.21. The van der Waals surface area contributed by atoms with Crippen LogP contribution < -0.4 is 10.1 Å². The molecule has 0 amide bonds. The molecule has 0 saturated heterocycles. The van der Waals surface area contributed by atoms with E-state index in [1.165, 1.54) is 0 Å². The molecule has 5 heteroatoms. The van der Waals surface area contributed by atoms with Gasteiger partial charge in [0.25, 0.3) is 0 Å². The van der Waals surface area contributed by atoms with Crippen molar-refractivity contribution >= 4 is 0 Å². The highest BCUT2D eigenvalue weighted by molar-refractivity contribution is 5.28. The van der Waals surface area contributed by atoms with E-state index in [4.69, 9.17) is 4.74 Å². The van der Waals surface area contributed by atoms with Crippen LogP contribution in [0.25, 0.3) is 0 Å². The first-order valence-corrected chi connectivity index (χ1v) is 7.14.